The summed E-state index contributed by atoms with van der Waals surface area (Å²) in [6.45, 7) is 0.0679. The maximum atomic E-state index is 11.0. The Morgan fingerprint density at radius 2 is 1.14 bits per heavy atom. The van der Waals surface area contributed by atoms with Crippen molar-refractivity contribution in [2.75, 3.05) is 26.4 Å². The molecule has 0 unspecified atom stereocenters. The van der Waals surface area contributed by atoms with Crippen LogP contribution in [-0.4, -0.2) is 48.8 Å². The summed E-state index contributed by atoms with van der Waals surface area (Å²) in [4.78, 5) is 42.3. The number of nitrogens with zero attached hydrogens (tertiary/aromatic N) is 2. The molecule has 29 heavy (non-hydrogen) atoms. The average molecular weight is 404 g/mol. The second-order valence-electron chi connectivity index (χ2n) is 5.51. The van der Waals surface area contributed by atoms with Crippen molar-refractivity contribution >= 4 is 23.9 Å². The first-order valence-corrected chi connectivity index (χ1v) is 8.27. The summed E-state index contributed by atoms with van der Waals surface area (Å²) in [6.07, 6.45) is 1.09. The minimum atomic E-state index is -0.626. The molecule has 0 saturated carbocycles. The topological polar surface area (TPSA) is 148 Å². The monoisotopic (exact) mass is 404 g/mol. The fourth-order valence-corrected chi connectivity index (χ4v) is 2.26. The van der Waals surface area contributed by atoms with Gasteiger partial charge in [0.15, 0.2) is 11.5 Å². The van der Waals surface area contributed by atoms with Crippen molar-refractivity contribution < 1.29 is 33.6 Å². The molecule has 11 heteroatoms. The van der Waals surface area contributed by atoms with E-state index < -0.39 is 9.85 Å². The number of benzene rings is 2. The highest BCUT2D eigenvalue weighted by atomic mass is 16.6. The molecule has 0 aromatic heterocycles. The number of carbonyl (C=O) groups excluding carboxylic acids is 2. The standard InChI is InChI=1S/C18H16N2O9/c21-11-13-1-3-15(19(23)24)17(9-13)28-7-5-27-6-8-29-18-10-14(12-22)2-4-16(18)20(25)26/h1-4,9-12H,5-8H2. The molecule has 2 aromatic rings. The molecule has 0 saturated heterocycles. The van der Waals surface area contributed by atoms with Gasteiger partial charge in [-0.25, -0.2) is 0 Å². The van der Waals surface area contributed by atoms with Crippen LogP contribution in [0.4, 0.5) is 11.4 Å². The van der Waals surface area contributed by atoms with Crippen molar-refractivity contribution in [3.63, 3.8) is 0 Å². The highest BCUT2D eigenvalue weighted by Gasteiger charge is 2.16. The molecule has 0 N–H and O–H groups in total. The van der Waals surface area contributed by atoms with Gasteiger partial charge in [0, 0.05) is 23.3 Å². The minimum absolute atomic E-state index is 0.0239. The van der Waals surface area contributed by atoms with Gasteiger partial charge in [-0.2, -0.15) is 0 Å². The van der Waals surface area contributed by atoms with Crippen LogP contribution in [0.3, 0.4) is 0 Å². The molecule has 2 rings (SSSR count). The summed E-state index contributed by atoms with van der Waals surface area (Å²) in [5, 5.41) is 21.9. The number of ether oxygens (including phenoxy) is 3. The van der Waals surface area contributed by atoms with Gasteiger partial charge in [-0.1, -0.05) is 0 Å². The van der Waals surface area contributed by atoms with E-state index in [-0.39, 0.29) is 60.4 Å². The maximum Gasteiger partial charge on any atom is 0.310 e. The largest absolute Gasteiger partial charge is 0.484 e. The maximum absolute atomic E-state index is 11.0. The molecule has 0 aliphatic heterocycles. The van der Waals surface area contributed by atoms with Gasteiger partial charge in [-0.05, 0) is 24.3 Å². The lowest BCUT2D eigenvalue weighted by Gasteiger charge is -2.09. The molecule has 0 bridgehead atoms. The highest BCUT2D eigenvalue weighted by molar-refractivity contribution is 5.77. The van der Waals surface area contributed by atoms with Crippen LogP contribution in [0, 0.1) is 20.2 Å². The van der Waals surface area contributed by atoms with Crippen LogP contribution in [0.5, 0.6) is 11.5 Å². The van der Waals surface area contributed by atoms with Crippen molar-refractivity contribution in [1.82, 2.24) is 0 Å². The Balaban J connectivity index is 1.80. The zero-order chi connectivity index (χ0) is 21.2. The van der Waals surface area contributed by atoms with E-state index in [1.54, 1.807) is 0 Å². The fraction of sp³-hybridized carbons (Fsp3) is 0.222. The fourth-order valence-electron chi connectivity index (χ4n) is 2.26. The lowest BCUT2D eigenvalue weighted by molar-refractivity contribution is -0.386. The van der Waals surface area contributed by atoms with E-state index in [9.17, 15) is 29.8 Å². The number of hydrogen-bond acceptors (Lipinski definition) is 9. The lowest BCUT2D eigenvalue weighted by atomic mass is 10.2. The molecular weight excluding hydrogens is 388 g/mol. The van der Waals surface area contributed by atoms with E-state index in [1.165, 1.54) is 36.4 Å². The quantitative estimate of drug-likeness (QED) is 0.225. The number of hydrogen-bond donors (Lipinski definition) is 0. The third-order valence-corrected chi connectivity index (χ3v) is 3.60. The normalized spacial score (nSPS) is 10.2. The van der Waals surface area contributed by atoms with Crippen molar-refractivity contribution in [2.45, 2.75) is 0 Å². The minimum Gasteiger partial charge on any atom is -0.484 e. The van der Waals surface area contributed by atoms with Gasteiger partial charge >= 0.3 is 11.4 Å². The molecular formula is C18H16N2O9. The Hall–Kier alpha value is -3.86. The summed E-state index contributed by atoms with van der Waals surface area (Å²) in [5.41, 5.74) is -0.0826. The number of rotatable bonds is 12. The van der Waals surface area contributed by atoms with E-state index in [4.69, 9.17) is 14.2 Å². The zero-order valence-corrected chi connectivity index (χ0v) is 15.0. The SMILES string of the molecule is O=Cc1ccc([N+](=O)[O-])c(OCCOCCOc2cc(C=O)ccc2[N+](=O)[O-])c1. The summed E-state index contributed by atoms with van der Waals surface area (Å²) in [7, 11) is 0. The Bertz CT molecular complexity index is 841. The van der Waals surface area contributed by atoms with Crippen LogP contribution >= 0.6 is 0 Å². The summed E-state index contributed by atoms with van der Waals surface area (Å²) in [6, 6.07) is 7.48. The number of carbonyl (C=O) groups is 2. The molecule has 0 aliphatic rings. The second-order valence-corrected chi connectivity index (χ2v) is 5.51. The van der Waals surface area contributed by atoms with Crippen LogP contribution in [0.25, 0.3) is 0 Å². The van der Waals surface area contributed by atoms with Gasteiger partial charge in [0.2, 0.25) is 0 Å². The van der Waals surface area contributed by atoms with Crippen LogP contribution in [-0.2, 0) is 4.74 Å². The number of aldehydes is 2. The summed E-state index contributed by atoms with van der Waals surface area (Å²) >= 11 is 0. The molecule has 0 spiro atoms. The van der Waals surface area contributed by atoms with Crippen LogP contribution in [0.2, 0.25) is 0 Å². The lowest BCUT2D eigenvalue weighted by Crippen LogP contribution is -2.13. The van der Waals surface area contributed by atoms with Crippen LogP contribution < -0.4 is 9.47 Å². The molecule has 0 atom stereocenters. The van der Waals surface area contributed by atoms with Crippen molar-refractivity contribution in [3.05, 3.63) is 67.8 Å². The smallest absolute Gasteiger partial charge is 0.310 e. The van der Waals surface area contributed by atoms with Gasteiger partial charge in [-0.15, -0.1) is 0 Å². The first-order chi connectivity index (χ1) is 14.0. The molecule has 0 aliphatic carbocycles. The zero-order valence-electron chi connectivity index (χ0n) is 15.0. The van der Waals surface area contributed by atoms with Crippen LogP contribution in [0.1, 0.15) is 20.7 Å². The molecule has 0 radical (unpaired) electrons. The Labute approximate surface area is 164 Å². The van der Waals surface area contributed by atoms with Gasteiger partial charge in [0.1, 0.15) is 25.8 Å². The predicted molar refractivity (Wildman–Crippen MR) is 98.8 cm³/mol. The molecule has 11 nitrogen and oxygen atoms in total. The van der Waals surface area contributed by atoms with Gasteiger partial charge in [0.05, 0.1) is 23.1 Å². The highest BCUT2D eigenvalue weighted by Crippen LogP contribution is 2.28. The van der Waals surface area contributed by atoms with Crippen molar-refractivity contribution in [1.29, 1.82) is 0 Å². The van der Waals surface area contributed by atoms with Crippen molar-refractivity contribution in [2.24, 2.45) is 0 Å². The summed E-state index contributed by atoms with van der Waals surface area (Å²) < 4.78 is 15.8. The third-order valence-electron chi connectivity index (χ3n) is 3.60. The molecule has 152 valence electrons. The van der Waals surface area contributed by atoms with E-state index >= 15 is 0 Å². The Morgan fingerprint density at radius 1 is 0.724 bits per heavy atom. The number of nitro groups is 2. The molecule has 0 fully saturated rings. The van der Waals surface area contributed by atoms with E-state index in [1.807, 2.05) is 0 Å². The average Bonchev–Trinajstić information content (AvgIpc) is 2.72. The summed E-state index contributed by atoms with van der Waals surface area (Å²) in [5.74, 6) is -0.110. The Morgan fingerprint density at radius 3 is 1.48 bits per heavy atom. The van der Waals surface area contributed by atoms with Gasteiger partial charge in [-0.3, -0.25) is 29.8 Å². The first-order valence-electron chi connectivity index (χ1n) is 8.27. The molecule has 0 amide bonds. The van der Waals surface area contributed by atoms with Gasteiger partial charge < -0.3 is 14.2 Å². The van der Waals surface area contributed by atoms with Gasteiger partial charge in [0.25, 0.3) is 0 Å². The van der Waals surface area contributed by atoms with E-state index in [0.29, 0.717) is 12.6 Å². The molecule has 2 aromatic carbocycles. The molecule has 0 heterocycles. The van der Waals surface area contributed by atoms with Crippen LogP contribution in [0.15, 0.2) is 36.4 Å². The van der Waals surface area contributed by atoms with Crippen molar-refractivity contribution in [3.8, 4) is 11.5 Å². The van der Waals surface area contributed by atoms with E-state index in [0.717, 1.165) is 0 Å². The Kier molecular flexibility index (Phi) is 7.74. The predicted octanol–water partition coefficient (Wildman–Crippen LogP) is 2.60. The first kappa shape index (κ1) is 21.4. The van der Waals surface area contributed by atoms with E-state index in [2.05, 4.69) is 0 Å². The third kappa shape index (κ3) is 6.07. The number of nitro benzene ring substituents is 2. The second kappa shape index (κ2) is 10.5.